The molecule has 2 aromatic carbocycles. The lowest BCUT2D eigenvalue weighted by molar-refractivity contribution is 0.0860. The molecule has 31 heavy (non-hydrogen) atoms. The van der Waals surface area contributed by atoms with E-state index in [0.717, 1.165) is 6.07 Å². The Bertz CT molecular complexity index is 1130. The molecule has 1 unspecified atom stereocenters. The minimum absolute atomic E-state index is 0.124. The van der Waals surface area contributed by atoms with Gasteiger partial charge in [0.2, 0.25) is 0 Å². The van der Waals surface area contributed by atoms with E-state index < -0.39 is 29.5 Å². The molecule has 1 fully saturated rings. The van der Waals surface area contributed by atoms with Crippen LogP contribution < -0.4 is 15.4 Å². The van der Waals surface area contributed by atoms with Crippen LogP contribution in [-0.4, -0.2) is 25.2 Å². The van der Waals surface area contributed by atoms with Crippen LogP contribution in [0.4, 0.5) is 23.2 Å². The van der Waals surface area contributed by atoms with Crippen molar-refractivity contribution in [1.82, 2.24) is 10.3 Å². The largest absolute Gasteiger partial charge is 0.496 e. The highest BCUT2D eigenvalue weighted by atomic mass is 19.3. The third kappa shape index (κ3) is 3.80. The lowest BCUT2D eigenvalue weighted by Crippen LogP contribution is -2.53. The van der Waals surface area contributed by atoms with E-state index in [1.54, 1.807) is 32.0 Å². The number of anilines is 1. The molecule has 3 aromatic rings. The van der Waals surface area contributed by atoms with E-state index in [-0.39, 0.29) is 18.7 Å². The Morgan fingerprint density at radius 3 is 2.48 bits per heavy atom. The fraction of sp³-hybridized carbons (Fsp3) is 0.348. The summed E-state index contributed by atoms with van der Waals surface area (Å²) in [7, 11) is 1.48. The third-order valence-corrected chi connectivity index (χ3v) is 5.68. The molecule has 0 radical (unpaired) electrons. The Morgan fingerprint density at radius 1 is 1.16 bits per heavy atom. The topological polar surface area (TPSA) is 46.2 Å². The summed E-state index contributed by atoms with van der Waals surface area (Å²) in [5.74, 6) is -0.525. The van der Waals surface area contributed by atoms with E-state index in [2.05, 4.69) is 15.6 Å². The first kappa shape index (κ1) is 21.4. The number of hydrogen-bond acceptors (Lipinski definition) is 4. The molecule has 1 saturated heterocycles. The number of pyridine rings is 1. The van der Waals surface area contributed by atoms with Crippen LogP contribution in [0.25, 0.3) is 10.9 Å². The smallest absolute Gasteiger partial charge is 0.266 e. The number of aromatic nitrogens is 1. The molecule has 164 valence electrons. The Labute approximate surface area is 177 Å². The van der Waals surface area contributed by atoms with E-state index >= 15 is 4.39 Å². The number of methoxy groups -OCH3 is 1. The molecule has 1 atom stereocenters. The molecule has 0 saturated carbocycles. The standard InChI is InChI=1S/C23H23F4N3O/c1-12-7-18(30-13(2)14-5-4-6-15(21(14)24)22(25)26)16-8-17(23(27)10-28-11-23)20(31-3)9-19(16)29-12/h4-9,13,22,28H,10-11H2,1-3H3,(H,29,30). The summed E-state index contributed by atoms with van der Waals surface area (Å²) in [5.41, 5.74) is 0.243. The van der Waals surface area contributed by atoms with E-state index in [4.69, 9.17) is 4.74 Å². The van der Waals surface area contributed by atoms with Crippen LogP contribution in [0.1, 0.15) is 41.8 Å². The first-order valence-electron chi connectivity index (χ1n) is 9.96. The zero-order valence-electron chi connectivity index (χ0n) is 17.4. The molecule has 0 spiro atoms. The average molecular weight is 433 g/mol. The first-order chi connectivity index (χ1) is 14.7. The van der Waals surface area contributed by atoms with E-state index in [1.807, 2.05) is 0 Å². The quantitative estimate of drug-likeness (QED) is 0.499. The second-order valence-corrected chi connectivity index (χ2v) is 7.87. The van der Waals surface area contributed by atoms with Crippen LogP contribution in [0.5, 0.6) is 5.75 Å². The van der Waals surface area contributed by atoms with Crippen molar-refractivity contribution in [3.05, 3.63) is 64.6 Å². The van der Waals surface area contributed by atoms with Crippen molar-refractivity contribution in [1.29, 1.82) is 0 Å². The van der Waals surface area contributed by atoms with E-state index in [0.29, 0.717) is 33.6 Å². The highest BCUT2D eigenvalue weighted by Gasteiger charge is 2.41. The monoisotopic (exact) mass is 433 g/mol. The molecule has 1 aromatic heterocycles. The second kappa shape index (κ2) is 8.00. The van der Waals surface area contributed by atoms with Gasteiger partial charge in [-0.05, 0) is 26.0 Å². The van der Waals surface area contributed by atoms with Gasteiger partial charge in [0, 0.05) is 47.1 Å². The van der Waals surface area contributed by atoms with Crippen molar-refractivity contribution in [3.63, 3.8) is 0 Å². The molecular formula is C23H23F4N3O. The fourth-order valence-corrected chi connectivity index (χ4v) is 3.94. The number of hydrogen-bond donors (Lipinski definition) is 2. The number of ether oxygens (including phenoxy) is 1. The predicted molar refractivity (Wildman–Crippen MR) is 112 cm³/mol. The average Bonchev–Trinajstić information content (AvgIpc) is 2.70. The van der Waals surface area contributed by atoms with Crippen molar-refractivity contribution in [2.24, 2.45) is 0 Å². The van der Waals surface area contributed by atoms with Crippen LogP contribution in [0.3, 0.4) is 0 Å². The van der Waals surface area contributed by atoms with Gasteiger partial charge in [-0.15, -0.1) is 0 Å². The van der Waals surface area contributed by atoms with Crippen LogP contribution in [0, 0.1) is 12.7 Å². The molecule has 4 nitrogen and oxygen atoms in total. The summed E-state index contributed by atoms with van der Waals surface area (Å²) < 4.78 is 61.5. The summed E-state index contributed by atoms with van der Waals surface area (Å²) in [4.78, 5) is 4.52. The number of rotatable bonds is 6. The molecule has 2 heterocycles. The summed E-state index contributed by atoms with van der Waals surface area (Å²) in [6, 6.07) is 8.50. The molecular weight excluding hydrogens is 410 g/mol. The zero-order chi connectivity index (χ0) is 22.3. The Balaban J connectivity index is 1.79. The maximum atomic E-state index is 15.2. The van der Waals surface area contributed by atoms with Crippen LogP contribution in [-0.2, 0) is 5.67 Å². The van der Waals surface area contributed by atoms with Crippen molar-refractivity contribution < 1.29 is 22.3 Å². The normalized spacial score (nSPS) is 16.3. The van der Waals surface area contributed by atoms with E-state index in [1.165, 1.54) is 19.2 Å². The van der Waals surface area contributed by atoms with Gasteiger partial charge in [-0.1, -0.05) is 18.2 Å². The highest BCUT2D eigenvalue weighted by molar-refractivity contribution is 5.93. The lowest BCUT2D eigenvalue weighted by Gasteiger charge is -2.36. The number of halogens is 4. The molecule has 2 N–H and O–H groups in total. The molecule has 1 aliphatic rings. The minimum Gasteiger partial charge on any atom is -0.496 e. The van der Waals surface area contributed by atoms with Crippen LogP contribution >= 0.6 is 0 Å². The first-order valence-corrected chi connectivity index (χ1v) is 9.96. The van der Waals surface area contributed by atoms with Gasteiger partial charge >= 0.3 is 0 Å². The van der Waals surface area contributed by atoms with Crippen molar-refractivity contribution in [2.45, 2.75) is 32.0 Å². The third-order valence-electron chi connectivity index (χ3n) is 5.68. The van der Waals surface area contributed by atoms with Crippen LogP contribution in [0.15, 0.2) is 36.4 Å². The number of aryl methyl sites for hydroxylation is 1. The number of alkyl halides is 3. The Hall–Kier alpha value is -2.87. The van der Waals surface area contributed by atoms with Gasteiger partial charge in [-0.25, -0.2) is 17.6 Å². The Morgan fingerprint density at radius 2 is 1.87 bits per heavy atom. The molecule has 1 aliphatic heterocycles. The molecule has 0 bridgehead atoms. The van der Waals surface area contributed by atoms with Crippen LogP contribution in [0.2, 0.25) is 0 Å². The summed E-state index contributed by atoms with van der Waals surface area (Å²) >= 11 is 0. The lowest BCUT2D eigenvalue weighted by atomic mass is 9.88. The SMILES string of the molecule is COc1cc2nc(C)cc(NC(C)c3cccc(C(F)F)c3F)c2cc1C1(F)CNC1. The molecule has 4 rings (SSSR count). The molecule has 0 aliphatic carbocycles. The number of fused-ring (bicyclic) bond motifs is 1. The van der Waals surface area contributed by atoms with Crippen molar-refractivity contribution >= 4 is 16.6 Å². The maximum Gasteiger partial charge on any atom is 0.266 e. The number of benzene rings is 2. The maximum absolute atomic E-state index is 15.2. The molecule has 8 heteroatoms. The fourth-order valence-electron chi connectivity index (χ4n) is 3.94. The predicted octanol–water partition coefficient (Wildman–Crippen LogP) is 5.57. The highest BCUT2D eigenvalue weighted by Crippen LogP contribution is 2.41. The van der Waals surface area contributed by atoms with Gasteiger partial charge in [0.15, 0.2) is 5.67 Å². The second-order valence-electron chi connectivity index (χ2n) is 7.87. The van der Waals surface area contributed by atoms with Gasteiger partial charge in [0.25, 0.3) is 6.43 Å². The van der Waals surface area contributed by atoms with Crippen molar-refractivity contribution in [3.8, 4) is 5.75 Å². The van der Waals surface area contributed by atoms with Gasteiger partial charge in [0.05, 0.1) is 24.2 Å². The van der Waals surface area contributed by atoms with Gasteiger partial charge in [0.1, 0.15) is 11.6 Å². The van der Waals surface area contributed by atoms with Gasteiger partial charge < -0.3 is 15.4 Å². The van der Waals surface area contributed by atoms with Gasteiger partial charge in [-0.2, -0.15) is 0 Å². The molecule has 0 amide bonds. The summed E-state index contributed by atoms with van der Waals surface area (Å²) in [5, 5.41) is 6.77. The van der Waals surface area contributed by atoms with Crippen molar-refractivity contribution in [2.75, 3.05) is 25.5 Å². The number of nitrogens with one attached hydrogen (secondary N) is 2. The summed E-state index contributed by atoms with van der Waals surface area (Å²) in [6.07, 6.45) is -2.90. The minimum atomic E-state index is -2.90. The Kier molecular flexibility index (Phi) is 5.51. The zero-order valence-corrected chi connectivity index (χ0v) is 17.4. The summed E-state index contributed by atoms with van der Waals surface area (Å²) in [6.45, 7) is 3.85. The van der Waals surface area contributed by atoms with Gasteiger partial charge in [-0.3, -0.25) is 4.98 Å². The number of nitrogens with zero attached hydrogens (tertiary/aromatic N) is 1. The van der Waals surface area contributed by atoms with E-state index in [9.17, 15) is 13.2 Å².